The minimum absolute atomic E-state index is 0.459. The van der Waals surface area contributed by atoms with Gasteiger partial charge in [0.05, 0.1) is 0 Å². The average molecular weight is 226 g/mol. The van der Waals surface area contributed by atoms with E-state index in [0.29, 0.717) is 6.04 Å². The molecule has 2 fully saturated rings. The van der Waals surface area contributed by atoms with Gasteiger partial charge in [-0.3, -0.25) is 0 Å². The third-order valence-electron chi connectivity index (χ3n) is 4.31. The fourth-order valence-corrected chi connectivity index (χ4v) is 3.20. The summed E-state index contributed by atoms with van der Waals surface area (Å²) < 4.78 is 5.25. The van der Waals surface area contributed by atoms with Crippen molar-refractivity contribution in [3.05, 3.63) is 0 Å². The summed E-state index contributed by atoms with van der Waals surface area (Å²) in [5.41, 5.74) is 5.94. The molecule has 16 heavy (non-hydrogen) atoms. The molecule has 0 aromatic rings. The first kappa shape index (κ1) is 12.3. The van der Waals surface area contributed by atoms with Gasteiger partial charge in [0, 0.05) is 25.8 Å². The van der Waals surface area contributed by atoms with E-state index >= 15 is 0 Å². The van der Waals surface area contributed by atoms with E-state index in [1.165, 1.54) is 51.6 Å². The van der Waals surface area contributed by atoms with Crippen LogP contribution in [0.3, 0.4) is 0 Å². The second-order valence-electron chi connectivity index (χ2n) is 5.50. The predicted molar refractivity (Wildman–Crippen MR) is 66.4 cm³/mol. The first-order valence-corrected chi connectivity index (χ1v) is 6.78. The Morgan fingerprint density at radius 3 is 2.25 bits per heavy atom. The number of nitrogens with zero attached hydrogens (tertiary/aromatic N) is 1. The van der Waals surface area contributed by atoms with Gasteiger partial charge >= 0.3 is 0 Å². The second kappa shape index (κ2) is 5.99. The fourth-order valence-electron chi connectivity index (χ4n) is 3.20. The summed E-state index contributed by atoms with van der Waals surface area (Å²) in [5, 5.41) is 0. The molecule has 3 nitrogen and oxygen atoms in total. The molecule has 0 amide bonds. The molecule has 0 unspecified atom stereocenters. The van der Waals surface area contributed by atoms with E-state index < -0.39 is 0 Å². The van der Waals surface area contributed by atoms with Crippen molar-refractivity contribution >= 4 is 0 Å². The number of hydrogen-bond donors (Lipinski definition) is 1. The highest BCUT2D eigenvalue weighted by Crippen LogP contribution is 2.29. The molecule has 0 aromatic heterocycles. The molecule has 1 aliphatic carbocycles. The Morgan fingerprint density at radius 1 is 1.06 bits per heavy atom. The largest absolute Gasteiger partial charge is 0.384 e. The Bertz CT molecular complexity index is 194. The Morgan fingerprint density at radius 2 is 1.69 bits per heavy atom. The lowest BCUT2D eigenvalue weighted by molar-refractivity contribution is 0.0773. The van der Waals surface area contributed by atoms with Crippen LogP contribution in [0.5, 0.6) is 0 Å². The first-order valence-electron chi connectivity index (χ1n) is 6.78. The van der Waals surface area contributed by atoms with Gasteiger partial charge < -0.3 is 15.4 Å². The number of rotatable bonds is 3. The van der Waals surface area contributed by atoms with Crippen molar-refractivity contribution in [1.29, 1.82) is 0 Å². The van der Waals surface area contributed by atoms with Crippen LogP contribution in [0.1, 0.15) is 38.5 Å². The van der Waals surface area contributed by atoms with Crippen molar-refractivity contribution in [2.24, 2.45) is 11.7 Å². The van der Waals surface area contributed by atoms with E-state index in [4.69, 9.17) is 10.5 Å². The number of hydrogen-bond acceptors (Lipinski definition) is 3. The van der Waals surface area contributed by atoms with E-state index in [-0.39, 0.29) is 0 Å². The van der Waals surface area contributed by atoms with E-state index in [1.54, 1.807) is 0 Å². The van der Waals surface area contributed by atoms with Crippen LogP contribution in [0.4, 0.5) is 0 Å². The zero-order valence-corrected chi connectivity index (χ0v) is 10.5. The van der Waals surface area contributed by atoms with Gasteiger partial charge in [-0.1, -0.05) is 0 Å². The molecule has 0 bridgehead atoms. The highest BCUT2D eigenvalue weighted by atomic mass is 16.5. The first-order chi connectivity index (χ1) is 7.79. The molecule has 1 aliphatic heterocycles. The van der Waals surface area contributed by atoms with Crippen LogP contribution in [-0.2, 0) is 4.74 Å². The molecule has 0 aromatic carbocycles. The molecular formula is C13H26N2O. The number of methoxy groups -OCH3 is 1. The summed E-state index contributed by atoms with van der Waals surface area (Å²) in [4.78, 5) is 2.67. The van der Waals surface area contributed by atoms with Gasteiger partial charge in [0.15, 0.2) is 0 Å². The van der Waals surface area contributed by atoms with Crippen LogP contribution in [0.25, 0.3) is 0 Å². The van der Waals surface area contributed by atoms with Gasteiger partial charge in [-0.2, -0.15) is 0 Å². The molecule has 0 radical (unpaired) electrons. The molecule has 0 atom stereocenters. The lowest BCUT2D eigenvalue weighted by Crippen LogP contribution is -2.46. The van der Waals surface area contributed by atoms with Crippen molar-refractivity contribution in [3.63, 3.8) is 0 Å². The lowest BCUT2D eigenvalue weighted by atomic mass is 9.85. The molecule has 1 heterocycles. The molecule has 2 aliphatic rings. The standard InChI is InChI=1S/C13H26N2O/c1-16-10-11-2-4-13(5-3-11)15-8-6-12(14)7-9-15/h11-13H,2-10,14H2,1H3. The molecule has 1 saturated heterocycles. The Balaban J connectivity index is 1.72. The third kappa shape index (κ3) is 3.19. The van der Waals surface area contributed by atoms with Gasteiger partial charge in [-0.05, 0) is 57.5 Å². The van der Waals surface area contributed by atoms with Crippen LogP contribution in [0.2, 0.25) is 0 Å². The Labute approximate surface area is 99.3 Å². The van der Waals surface area contributed by atoms with Crippen LogP contribution >= 0.6 is 0 Å². The van der Waals surface area contributed by atoms with Crippen molar-refractivity contribution in [1.82, 2.24) is 4.90 Å². The number of piperidine rings is 1. The van der Waals surface area contributed by atoms with Crippen molar-refractivity contribution in [2.45, 2.75) is 50.6 Å². The average Bonchev–Trinajstić information content (AvgIpc) is 2.32. The molecule has 94 valence electrons. The molecule has 1 saturated carbocycles. The quantitative estimate of drug-likeness (QED) is 0.794. The highest BCUT2D eigenvalue weighted by molar-refractivity contribution is 4.83. The minimum Gasteiger partial charge on any atom is -0.384 e. The van der Waals surface area contributed by atoms with E-state index in [2.05, 4.69) is 4.90 Å². The molecule has 0 spiro atoms. The van der Waals surface area contributed by atoms with Gasteiger partial charge in [-0.15, -0.1) is 0 Å². The summed E-state index contributed by atoms with van der Waals surface area (Å²) in [5.74, 6) is 0.813. The molecule has 3 heteroatoms. The monoisotopic (exact) mass is 226 g/mol. The summed E-state index contributed by atoms with van der Waals surface area (Å²) in [7, 11) is 1.82. The van der Waals surface area contributed by atoms with E-state index in [1.807, 2.05) is 7.11 Å². The molecule has 2 rings (SSSR count). The number of ether oxygens (including phenoxy) is 1. The van der Waals surface area contributed by atoms with Crippen molar-refractivity contribution in [3.8, 4) is 0 Å². The predicted octanol–water partition coefficient (Wildman–Crippen LogP) is 1.61. The molecular weight excluding hydrogens is 200 g/mol. The topological polar surface area (TPSA) is 38.5 Å². The van der Waals surface area contributed by atoms with E-state index in [9.17, 15) is 0 Å². The lowest BCUT2D eigenvalue weighted by Gasteiger charge is -2.40. The van der Waals surface area contributed by atoms with Crippen molar-refractivity contribution < 1.29 is 4.74 Å². The third-order valence-corrected chi connectivity index (χ3v) is 4.31. The van der Waals surface area contributed by atoms with Crippen LogP contribution in [0, 0.1) is 5.92 Å². The van der Waals surface area contributed by atoms with Crippen LogP contribution in [0.15, 0.2) is 0 Å². The normalized spacial score (nSPS) is 34.1. The van der Waals surface area contributed by atoms with Crippen LogP contribution < -0.4 is 5.73 Å². The zero-order chi connectivity index (χ0) is 11.4. The second-order valence-corrected chi connectivity index (χ2v) is 5.50. The smallest absolute Gasteiger partial charge is 0.0490 e. The summed E-state index contributed by atoms with van der Waals surface area (Å²) in [6.45, 7) is 3.40. The maximum Gasteiger partial charge on any atom is 0.0490 e. The van der Waals surface area contributed by atoms with Gasteiger partial charge in [0.2, 0.25) is 0 Å². The summed E-state index contributed by atoms with van der Waals surface area (Å²) in [6, 6.07) is 1.29. The van der Waals surface area contributed by atoms with Gasteiger partial charge in [0.25, 0.3) is 0 Å². The van der Waals surface area contributed by atoms with Gasteiger partial charge in [0.1, 0.15) is 0 Å². The summed E-state index contributed by atoms with van der Waals surface area (Å²) in [6.07, 6.45) is 7.81. The minimum atomic E-state index is 0.459. The fraction of sp³-hybridized carbons (Fsp3) is 1.00. The Kier molecular flexibility index (Phi) is 4.62. The van der Waals surface area contributed by atoms with Crippen molar-refractivity contribution in [2.75, 3.05) is 26.8 Å². The van der Waals surface area contributed by atoms with Crippen LogP contribution in [-0.4, -0.2) is 43.8 Å². The SMILES string of the molecule is COCC1CCC(N2CCC(N)CC2)CC1. The van der Waals surface area contributed by atoms with E-state index in [0.717, 1.165) is 18.6 Å². The zero-order valence-electron chi connectivity index (χ0n) is 10.5. The van der Waals surface area contributed by atoms with Gasteiger partial charge in [-0.25, -0.2) is 0 Å². The highest BCUT2D eigenvalue weighted by Gasteiger charge is 2.27. The maximum atomic E-state index is 5.94. The Hall–Kier alpha value is -0.120. The molecule has 2 N–H and O–H groups in total. The number of likely N-dealkylation sites (tertiary alicyclic amines) is 1. The number of nitrogens with two attached hydrogens (primary N) is 1. The maximum absolute atomic E-state index is 5.94. The summed E-state index contributed by atoms with van der Waals surface area (Å²) >= 11 is 0.